The van der Waals surface area contributed by atoms with Crippen LogP contribution >= 0.6 is 11.6 Å². The Hall–Kier alpha value is -3.36. The van der Waals surface area contributed by atoms with Crippen molar-refractivity contribution in [3.05, 3.63) is 65.3 Å². The molecule has 1 aromatic heterocycles. The standard InChI is InChI=1S/C22H22ClN5O3/c1-24-8-9-31-18-7-2-4-15(10-18)20-12-19(22(30)27-13-21(29)25-14-27)26-28(20)17-6-3-5-16(23)11-17/h2-7,10-12,24H,8-9,13-14H2,1H3,(H,25,29). The second kappa shape index (κ2) is 9.20. The van der Waals surface area contributed by atoms with Crippen molar-refractivity contribution in [1.29, 1.82) is 0 Å². The molecule has 8 nitrogen and oxygen atoms in total. The average molecular weight is 440 g/mol. The third-order valence-electron chi connectivity index (χ3n) is 4.82. The molecule has 2 aromatic carbocycles. The van der Waals surface area contributed by atoms with E-state index in [1.54, 1.807) is 22.9 Å². The van der Waals surface area contributed by atoms with Crippen molar-refractivity contribution in [3.63, 3.8) is 0 Å². The molecule has 2 N–H and O–H groups in total. The highest BCUT2D eigenvalue weighted by molar-refractivity contribution is 6.30. The lowest BCUT2D eigenvalue weighted by atomic mass is 10.1. The zero-order valence-electron chi connectivity index (χ0n) is 17.0. The van der Waals surface area contributed by atoms with E-state index in [2.05, 4.69) is 15.7 Å². The molecular formula is C22H22ClN5O3. The molecule has 0 aliphatic carbocycles. The van der Waals surface area contributed by atoms with E-state index in [1.807, 2.05) is 43.4 Å². The van der Waals surface area contributed by atoms with Gasteiger partial charge in [-0.3, -0.25) is 9.59 Å². The van der Waals surface area contributed by atoms with E-state index in [-0.39, 0.29) is 30.7 Å². The number of likely N-dealkylation sites (N-methyl/N-ethyl adjacent to an activating group) is 1. The van der Waals surface area contributed by atoms with Gasteiger partial charge in [-0.1, -0.05) is 29.8 Å². The van der Waals surface area contributed by atoms with Crippen LogP contribution in [0.1, 0.15) is 10.5 Å². The predicted molar refractivity (Wildman–Crippen MR) is 117 cm³/mol. The fraction of sp³-hybridized carbons (Fsp3) is 0.227. The van der Waals surface area contributed by atoms with Gasteiger partial charge in [0.2, 0.25) is 5.91 Å². The molecule has 1 aliphatic heterocycles. The molecule has 2 heterocycles. The minimum Gasteiger partial charge on any atom is -0.492 e. The molecule has 0 saturated carbocycles. The molecule has 0 radical (unpaired) electrons. The van der Waals surface area contributed by atoms with Gasteiger partial charge in [0, 0.05) is 17.1 Å². The summed E-state index contributed by atoms with van der Waals surface area (Å²) in [4.78, 5) is 25.9. The maximum absolute atomic E-state index is 12.9. The maximum atomic E-state index is 12.9. The van der Waals surface area contributed by atoms with Gasteiger partial charge < -0.3 is 20.3 Å². The quantitative estimate of drug-likeness (QED) is 0.551. The Kier molecular flexibility index (Phi) is 6.20. The van der Waals surface area contributed by atoms with E-state index in [1.165, 1.54) is 4.90 Å². The number of hydrogen-bond acceptors (Lipinski definition) is 5. The second-order valence-corrected chi connectivity index (χ2v) is 7.48. The molecule has 4 rings (SSSR count). The molecule has 0 atom stereocenters. The van der Waals surface area contributed by atoms with Crippen molar-refractivity contribution in [2.75, 3.05) is 33.4 Å². The number of aromatic nitrogens is 2. The summed E-state index contributed by atoms with van der Waals surface area (Å²) in [6, 6.07) is 16.6. The number of halogens is 1. The molecule has 3 aromatic rings. The van der Waals surface area contributed by atoms with Gasteiger partial charge in [-0.2, -0.15) is 5.10 Å². The van der Waals surface area contributed by atoms with E-state index in [0.717, 1.165) is 17.8 Å². The highest BCUT2D eigenvalue weighted by atomic mass is 35.5. The van der Waals surface area contributed by atoms with Gasteiger partial charge >= 0.3 is 0 Å². The number of hydrogen-bond donors (Lipinski definition) is 2. The Morgan fingerprint density at radius 3 is 2.81 bits per heavy atom. The number of ether oxygens (including phenoxy) is 1. The van der Waals surface area contributed by atoms with Crippen molar-refractivity contribution in [2.24, 2.45) is 0 Å². The number of carbonyl (C=O) groups is 2. The number of rotatable bonds is 7. The Balaban J connectivity index is 1.73. The van der Waals surface area contributed by atoms with Crippen molar-refractivity contribution >= 4 is 23.4 Å². The summed E-state index contributed by atoms with van der Waals surface area (Å²) in [5.41, 5.74) is 2.51. The molecule has 160 valence electrons. The summed E-state index contributed by atoms with van der Waals surface area (Å²) >= 11 is 6.19. The van der Waals surface area contributed by atoms with Crippen molar-refractivity contribution in [3.8, 4) is 22.7 Å². The van der Waals surface area contributed by atoms with Gasteiger partial charge in [0.1, 0.15) is 18.9 Å². The van der Waals surface area contributed by atoms with Gasteiger partial charge in [-0.05, 0) is 43.4 Å². The van der Waals surface area contributed by atoms with E-state index in [4.69, 9.17) is 16.3 Å². The van der Waals surface area contributed by atoms with Crippen LogP contribution in [-0.2, 0) is 4.79 Å². The summed E-state index contributed by atoms with van der Waals surface area (Å²) in [6.45, 7) is 1.46. The Bertz CT molecular complexity index is 1110. The third kappa shape index (κ3) is 4.70. The van der Waals surface area contributed by atoms with Crippen LogP contribution in [0.3, 0.4) is 0 Å². The van der Waals surface area contributed by atoms with E-state index < -0.39 is 0 Å². The first-order valence-corrected chi connectivity index (χ1v) is 10.2. The number of carbonyl (C=O) groups excluding carboxylic acids is 2. The first kappa shape index (κ1) is 20.9. The van der Waals surface area contributed by atoms with Crippen LogP contribution in [0.4, 0.5) is 0 Å². The molecular weight excluding hydrogens is 418 g/mol. The minimum atomic E-state index is -0.318. The molecule has 0 spiro atoms. The monoisotopic (exact) mass is 439 g/mol. The zero-order valence-corrected chi connectivity index (χ0v) is 17.7. The van der Waals surface area contributed by atoms with Crippen LogP contribution in [0.2, 0.25) is 5.02 Å². The number of nitrogens with one attached hydrogen (secondary N) is 2. The predicted octanol–water partition coefficient (Wildman–Crippen LogP) is 2.32. The summed E-state index contributed by atoms with van der Waals surface area (Å²) in [7, 11) is 1.87. The largest absolute Gasteiger partial charge is 0.492 e. The highest BCUT2D eigenvalue weighted by Crippen LogP contribution is 2.28. The topological polar surface area (TPSA) is 88.5 Å². The summed E-state index contributed by atoms with van der Waals surface area (Å²) in [5, 5.41) is 10.8. The molecule has 0 unspecified atom stereocenters. The minimum absolute atomic E-state index is 0.0208. The third-order valence-corrected chi connectivity index (χ3v) is 5.06. The molecule has 2 amide bonds. The van der Waals surface area contributed by atoms with Gasteiger partial charge in [-0.15, -0.1) is 0 Å². The van der Waals surface area contributed by atoms with Gasteiger partial charge in [0.25, 0.3) is 5.91 Å². The van der Waals surface area contributed by atoms with Crippen LogP contribution in [-0.4, -0.2) is 59.9 Å². The molecule has 0 bridgehead atoms. The first-order chi connectivity index (χ1) is 15.0. The number of nitrogens with zero attached hydrogens (tertiary/aromatic N) is 3. The van der Waals surface area contributed by atoms with Crippen molar-refractivity contribution < 1.29 is 14.3 Å². The normalized spacial score (nSPS) is 13.4. The second-order valence-electron chi connectivity index (χ2n) is 7.05. The van der Waals surface area contributed by atoms with Gasteiger partial charge in [-0.25, -0.2) is 4.68 Å². The lowest BCUT2D eigenvalue weighted by Crippen LogP contribution is -2.30. The van der Waals surface area contributed by atoms with E-state index >= 15 is 0 Å². The van der Waals surface area contributed by atoms with Crippen LogP contribution < -0.4 is 15.4 Å². The van der Waals surface area contributed by atoms with E-state index in [9.17, 15) is 9.59 Å². The Morgan fingerprint density at radius 2 is 2.06 bits per heavy atom. The lowest BCUT2D eigenvalue weighted by molar-refractivity contribution is -0.118. The smallest absolute Gasteiger partial charge is 0.276 e. The fourth-order valence-electron chi connectivity index (χ4n) is 3.29. The van der Waals surface area contributed by atoms with Crippen LogP contribution in [0.5, 0.6) is 5.75 Å². The lowest BCUT2D eigenvalue weighted by Gasteiger charge is -2.11. The SMILES string of the molecule is CNCCOc1cccc(-c2cc(C(=O)N3CNC(=O)C3)nn2-c2cccc(Cl)c2)c1. The van der Waals surface area contributed by atoms with Crippen LogP contribution in [0.25, 0.3) is 16.9 Å². The molecule has 9 heteroatoms. The average Bonchev–Trinajstić information content (AvgIpc) is 3.41. The van der Waals surface area contributed by atoms with Crippen molar-refractivity contribution in [2.45, 2.75) is 0 Å². The summed E-state index contributed by atoms with van der Waals surface area (Å²) in [6.07, 6.45) is 0. The summed E-state index contributed by atoms with van der Waals surface area (Å²) < 4.78 is 7.46. The molecule has 1 fully saturated rings. The Morgan fingerprint density at radius 1 is 1.23 bits per heavy atom. The maximum Gasteiger partial charge on any atom is 0.276 e. The first-order valence-electron chi connectivity index (χ1n) is 9.85. The highest BCUT2D eigenvalue weighted by Gasteiger charge is 2.27. The van der Waals surface area contributed by atoms with Crippen LogP contribution in [0, 0.1) is 0 Å². The number of amides is 2. The summed E-state index contributed by atoms with van der Waals surface area (Å²) in [5.74, 6) is 0.213. The van der Waals surface area contributed by atoms with Gasteiger partial charge in [0.05, 0.1) is 18.1 Å². The molecule has 1 saturated heterocycles. The molecule has 1 aliphatic rings. The van der Waals surface area contributed by atoms with Crippen LogP contribution in [0.15, 0.2) is 54.6 Å². The number of benzene rings is 2. The van der Waals surface area contributed by atoms with Gasteiger partial charge in [0.15, 0.2) is 5.69 Å². The van der Waals surface area contributed by atoms with E-state index in [0.29, 0.717) is 23.1 Å². The Labute approximate surface area is 184 Å². The molecule has 31 heavy (non-hydrogen) atoms. The fourth-order valence-corrected chi connectivity index (χ4v) is 3.47. The zero-order chi connectivity index (χ0) is 21.8. The van der Waals surface area contributed by atoms with Crippen molar-refractivity contribution in [1.82, 2.24) is 25.3 Å².